The third-order valence-electron chi connectivity index (χ3n) is 4.48. The van der Waals surface area contributed by atoms with Crippen LogP contribution in [-0.4, -0.2) is 30.5 Å². The predicted molar refractivity (Wildman–Crippen MR) is 104 cm³/mol. The van der Waals surface area contributed by atoms with E-state index < -0.39 is 0 Å². The van der Waals surface area contributed by atoms with E-state index in [1.54, 1.807) is 15.6 Å². The first kappa shape index (κ1) is 17.0. The summed E-state index contributed by atoms with van der Waals surface area (Å²) in [7, 11) is 1.84. The molecule has 27 heavy (non-hydrogen) atoms. The number of carbonyl (C=O) groups excluding carboxylic acids is 1. The predicted octanol–water partition coefficient (Wildman–Crippen LogP) is 3.33. The van der Waals surface area contributed by atoms with E-state index in [1.165, 1.54) is 5.56 Å². The Morgan fingerprint density at radius 2 is 1.78 bits per heavy atom. The molecule has 0 unspecified atom stereocenters. The number of pyridine rings is 1. The van der Waals surface area contributed by atoms with Crippen molar-refractivity contribution in [3.63, 3.8) is 0 Å². The lowest BCUT2D eigenvalue weighted by atomic mass is 10.2. The number of hydrogen-bond acceptors (Lipinski definition) is 4. The number of aryl methyl sites for hydroxylation is 4. The molecule has 0 atom stereocenters. The molecule has 136 valence electrons. The largest absolute Gasteiger partial charge is 0.306 e. The van der Waals surface area contributed by atoms with Gasteiger partial charge in [0.25, 0.3) is 5.91 Å². The molecule has 3 aromatic heterocycles. The van der Waals surface area contributed by atoms with Crippen molar-refractivity contribution in [2.75, 3.05) is 5.32 Å². The Hall–Kier alpha value is -3.48. The number of nitrogens with one attached hydrogen (secondary N) is 1. The van der Waals surface area contributed by atoms with Gasteiger partial charge in [0.05, 0.1) is 22.6 Å². The lowest BCUT2D eigenvalue weighted by molar-refractivity contribution is 0.102. The molecule has 7 nitrogen and oxygen atoms in total. The van der Waals surface area contributed by atoms with E-state index in [0.717, 1.165) is 28.1 Å². The first-order valence-corrected chi connectivity index (χ1v) is 8.67. The van der Waals surface area contributed by atoms with E-state index in [2.05, 4.69) is 20.5 Å². The molecular weight excluding hydrogens is 340 g/mol. The highest BCUT2D eigenvalue weighted by Gasteiger charge is 2.15. The normalized spacial score (nSPS) is 11.1. The van der Waals surface area contributed by atoms with Crippen LogP contribution in [0.1, 0.15) is 27.3 Å². The standard InChI is InChI=1S/C20H20N6O/c1-12-5-7-16(8-6-12)26-18(9-13(2)23-26)22-20(27)15-10-17-14(3)24-25(4)19(17)21-11-15/h5-11H,1-4H3,(H,22,27). The van der Waals surface area contributed by atoms with Crippen LogP contribution in [0.2, 0.25) is 0 Å². The van der Waals surface area contributed by atoms with Crippen LogP contribution in [0.25, 0.3) is 16.7 Å². The van der Waals surface area contributed by atoms with Gasteiger partial charge in [-0.05, 0) is 39.0 Å². The van der Waals surface area contributed by atoms with Crippen LogP contribution in [0.4, 0.5) is 5.82 Å². The van der Waals surface area contributed by atoms with E-state index in [1.807, 2.05) is 64.2 Å². The van der Waals surface area contributed by atoms with Gasteiger partial charge in [-0.15, -0.1) is 0 Å². The van der Waals surface area contributed by atoms with Crippen molar-refractivity contribution >= 4 is 22.8 Å². The summed E-state index contributed by atoms with van der Waals surface area (Å²) in [6.07, 6.45) is 1.57. The summed E-state index contributed by atoms with van der Waals surface area (Å²) < 4.78 is 3.44. The number of carbonyl (C=O) groups is 1. The number of rotatable bonds is 3. The molecule has 0 fully saturated rings. The molecule has 7 heteroatoms. The molecule has 3 heterocycles. The van der Waals surface area contributed by atoms with Gasteiger partial charge in [-0.1, -0.05) is 17.7 Å². The number of nitrogens with zero attached hydrogens (tertiary/aromatic N) is 5. The summed E-state index contributed by atoms with van der Waals surface area (Å²) in [5, 5.41) is 12.7. The number of anilines is 1. The number of aromatic nitrogens is 5. The van der Waals surface area contributed by atoms with Crippen molar-refractivity contribution in [1.82, 2.24) is 24.5 Å². The Morgan fingerprint density at radius 1 is 1.04 bits per heavy atom. The van der Waals surface area contributed by atoms with Gasteiger partial charge in [0.15, 0.2) is 5.65 Å². The zero-order valence-electron chi connectivity index (χ0n) is 15.7. The smallest absolute Gasteiger partial charge is 0.258 e. The fraction of sp³-hybridized carbons (Fsp3) is 0.200. The minimum Gasteiger partial charge on any atom is -0.306 e. The van der Waals surface area contributed by atoms with Crippen molar-refractivity contribution in [1.29, 1.82) is 0 Å². The number of hydrogen-bond donors (Lipinski definition) is 1. The van der Waals surface area contributed by atoms with Crippen LogP contribution in [0.3, 0.4) is 0 Å². The second-order valence-corrected chi connectivity index (χ2v) is 6.68. The van der Waals surface area contributed by atoms with E-state index in [-0.39, 0.29) is 5.91 Å². The SMILES string of the molecule is Cc1ccc(-n2nc(C)cc2NC(=O)c2cnc3c(c2)c(C)nn3C)cc1. The molecule has 1 amide bonds. The maximum atomic E-state index is 12.8. The lowest BCUT2D eigenvalue weighted by Crippen LogP contribution is -2.15. The van der Waals surface area contributed by atoms with Gasteiger partial charge in [0.2, 0.25) is 0 Å². The highest BCUT2D eigenvalue weighted by Crippen LogP contribution is 2.20. The number of benzene rings is 1. The minimum atomic E-state index is -0.235. The highest BCUT2D eigenvalue weighted by atomic mass is 16.1. The van der Waals surface area contributed by atoms with Gasteiger partial charge in [0.1, 0.15) is 5.82 Å². The minimum absolute atomic E-state index is 0.235. The fourth-order valence-electron chi connectivity index (χ4n) is 3.09. The van der Waals surface area contributed by atoms with Gasteiger partial charge >= 0.3 is 0 Å². The second-order valence-electron chi connectivity index (χ2n) is 6.68. The first-order chi connectivity index (χ1) is 12.9. The zero-order valence-corrected chi connectivity index (χ0v) is 15.7. The first-order valence-electron chi connectivity index (χ1n) is 8.67. The van der Waals surface area contributed by atoms with Gasteiger partial charge < -0.3 is 5.32 Å². The third-order valence-corrected chi connectivity index (χ3v) is 4.48. The van der Waals surface area contributed by atoms with Gasteiger partial charge in [-0.25, -0.2) is 9.67 Å². The van der Waals surface area contributed by atoms with Crippen molar-refractivity contribution in [3.05, 3.63) is 65.1 Å². The fourth-order valence-corrected chi connectivity index (χ4v) is 3.09. The summed E-state index contributed by atoms with van der Waals surface area (Å²) in [5.74, 6) is 0.380. The molecule has 0 aliphatic carbocycles. The van der Waals surface area contributed by atoms with E-state index in [9.17, 15) is 4.79 Å². The van der Waals surface area contributed by atoms with Crippen molar-refractivity contribution in [2.24, 2.45) is 7.05 Å². The summed E-state index contributed by atoms with van der Waals surface area (Å²) >= 11 is 0. The molecule has 0 aliphatic heterocycles. The topological polar surface area (TPSA) is 77.6 Å². The van der Waals surface area contributed by atoms with Crippen LogP contribution in [0, 0.1) is 20.8 Å². The number of amides is 1. The molecule has 1 aromatic carbocycles. The van der Waals surface area contributed by atoms with Crippen molar-refractivity contribution < 1.29 is 4.79 Å². The molecular formula is C20H20N6O. The van der Waals surface area contributed by atoms with Crippen molar-refractivity contribution in [2.45, 2.75) is 20.8 Å². The summed E-state index contributed by atoms with van der Waals surface area (Å²) in [6.45, 7) is 5.83. The van der Waals surface area contributed by atoms with Gasteiger partial charge in [-0.2, -0.15) is 10.2 Å². The van der Waals surface area contributed by atoms with Crippen LogP contribution in [0.15, 0.2) is 42.6 Å². The Labute approximate surface area is 156 Å². The highest BCUT2D eigenvalue weighted by molar-refractivity contribution is 6.05. The summed E-state index contributed by atoms with van der Waals surface area (Å²) in [6, 6.07) is 11.6. The Balaban J connectivity index is 1.67. The zero-order chi connectivity index (χ0) is 19.1. The van der Waals surface area contributed by atoms with Gasteiger partial charge in [0, 0.05) is 24.7 Å². The van der Waals surface area contributed by atoms with Crippen LogP contribution in [0.5, 0.6) is 0 Å². The molecule has 4 rings (SSSR count). The molecule has 4 aromatic rings. The van der Waals surface area contributed by atoms with E-state index >= 15 is 0 Å². The average molecular weight is 360 g/mol. The Kier molecular flexibility index (Phi) is 3.99. The number of fused-ring (bicyclic) bond motifs is 1. The lowest BCUT2D eigenvalue weighted by Gasteiger charge is -2.09. The molecule has 0 saturated heterocycles. The second kappa shape index (κ2) is 6.35. The quantitative estimate of drug-likeness (QED) is 0.608. The van der Waals surface area contributed by atoms with Crippen molar-refractivity contribution in [3.8, 4) is 5.69 Å². The van der Waals surface area contributed by atoms with E-state index in [0.29, 0.717) is 11.4 Å². The van der Waals surface area contributed by atoms with Gasteiger partial charge in [-0.3, -0.25) is 9.48 Å². The van der Waals surface area contributed by atoms with Crippen LogP contribution >= 0.6 is 0 Å². The van der Waals surface area contributed by atoms with Crippen LogP contribution < -0.4 is 5.32 Å². The third kappa shape index (κ3) is 3.08. The Morgan fingerprint density at radius 3 is 2.52 bits per heavy atom. The molecule has 0 bridgehead atoms. The molecule has 0 radical (unpaired) electrons. The summed E-state index contributed by atoms with van der Waals surface area (Å²) in [4.78, 5) is 17.2. The maximum Gasteiger partial charge on any atom is 0.258 e. The van der Waals surface area contributed by atoms with Crippen LogP contribution in [-0.2, 0) is 7.05 Å². The maximum absolute atomic E-state index is 12.8. The monoisotopic (exact) mass is 360 g/mol. The molecule has 0 saturated carbocycles. The van der Waals surface area contributed by atoms with E-state index in [4.69, 9.17) is 0 Å². The summed E-state index contributed by atoms with van der Waals surface area (Å²) in [5.41, 5.74) is 4.95. The Bertz CT molecular complexity index is 1150. The average Bonchev–Trinajstić information content (AvgIpc) is 3.15. The molecule has 1 N–H and O–H groups in total. The molecule has 0 spiro atoms. The molecule has 0 aliphatic rings.